The molecular formula is C14H23N3O4S. The molecule has 1 saturated heterocycles. The van der Waals surface area contributed by atoms with E-state index in [-0.39, 0.29) is 23.3 Å². The molecule has 0 radical (unpaired) electrons. The number of piperidine rings is 1. The van der Waals surface area contributed by atoms with E-state index in [0.717, 1.165) is 0 Å². The molecule has 1 fully saturated rings. The summed E-state index contributed by atoms with van der Waals surface area (Å²) in [4.78, 5) is 12.1. The monoisotopic (exact) mass is 329 g/mol. The number of carbonyl (C=O) groups is 1. The van der Waals surface area contributed by atoms with E-state index in [0.29, 0.717) is 38.2 Å². The zero-order chi connectivity index (χ0) is 16.3. The van der Waals surface area contributed by atoms with E-state index in [1.165, 1.54) is 4.31 Å². The van der Waals surface area contributed by atoms with Crippen LogP contribution in [0.3, 0.4) is 0 Å². The number of esters is 1. The minimum Gasteiger partial charge on any atom is -0.466 e. The van der Waals surface area contributed by atoms with Crippen LogP contribution in [0.15, 0.2) is 11.1 Å². The fourth-order valence-electron chi connectivity index (χ4n) is 2.67. The molecule has 0 bridgehead atoms. The maximum absolute atomic E-state index is 12.8. The molecule has 124 valence electrons. The van der Waals surface area contributed by atoms with Crippen LogP contribution >= 0.6 is 0 Å². The van der Waals surface area contributed by atoms with Gasteiger partial charge in [-0.25, -0.2) is 8.42 Å². The third-order valence-corrected chi connectivity index (χ3v) is 5.82. The molecule has 0 spiro atoms. The molecule has 0 N–H and O–H groups in total. The summed E-state index contributed by atoms with van der Waals surface area (Å²) < 4.78 is 33.6. The van der Waals surface area contributed by atoms with E-state index in [2.05, 4.69) is 5.10 Å². The van der Waals surface area contributed by atoms with Crippen molar-refractivity contribution in [1.82, 2.24) is 14.1 Å². The molecule has 22 heavy (non-hydrogen) atoms. The molecule has 2 rings (SSSR count). The SMILES string of the molecule is CCOC(=O)C1CCCN(S(=O)(=O)c2cn(CC)nc2C)C1. The van der Waals surface area contributed by atoms with Gasteiger partial charge in [-0.15, -0.1) is 0 Å². The Morgan fingerprint density at radius 3 is 2.77 bits per heavy atom. The number of carbonyl (C=O) groups excluding carboxylic acids is 1. The van der Waals surface area contributed by atoms with Crippen molar-refractivity contribution in [2.45, 2.75) is 45.1 Å². The van der Waals surface area contributed by atoms with Crippen molar-refractivity contribution in [2.24, 2.45) is 5.92 Å². The predicted molar refractivity (Wildman–Crippen MR) is 80.8 cm³/mol. The zero-order valence-electron chi connectivity index (χ0n) is 13.3. The summed E-state index contributed by atoms with van der Waals surface area (Å²) in [5.74, 6) is -0.701. The first kappa shape index (κ1) is 17.0. The van der Waals surface area contributed by atoms with Gasteiger partial charge in [-0.3, -0.25) is 9.48 Å². The van der Waals surface area contributed by atoms with E-state index in [1.54, 1.807) is 24.7 Å². The van der Waals surface area contributed by atoms with Crippen LogP contribution < -0.4 is 0 Å². The Labute approximate surface area is 131 Å². The van der Waals surface area contributed by atoms with E-state index >= 15 is 0 Å². The van der Waals surface area contributed by atoms with Crippen molar-refractivity contribution >= 4 is 16.0 Å². The van der Waals surface area contributed by atoms with Gasteiger partial charge in [0.15, 0.2) is 0 Å². The lowest BCUT2D eigenvalue weighted by molar-refractivity contribution is -0.149. The number of hydrogen-bond donors (Lipinski definition) is 0. The standard InChI is InChI=1S/C14H23N3O4S/c1-4-16-10-13(11(3)15-16)22(19,20)17-8-6-7-12(9-17)14(18)21-5-2/h10,12H,4-9H2,1-3H3. The molecule has 1 atom stereocenters. The van der Waals surface area contributed by atoms with Crippen molar-refractivity contribution in [1.29, 1.82) is 0 Å². The van der Waals surface area contributed by atoms with Gasteiger partial charge < -0.3 is 4.74 Å². The average molecular weight is 329 g/mol. The number of hydrogen-bond acceptors (Lipinski definition) is 5. The smallest absolute Gasteiger partial charge is 0.310 e. The molecule has 0 amide bonds. The van der Waals surface area contributed by atoms with Crippen LogP contribution in [0.4, 0.5) is 0 Å². The summed E-state index contributed by atoms with van der Waals surface area (Å²) in [5.41, 5.74) is 0.486. The highest BCUT2D eigenvalue weighted by molar-refractivity contribution is 7.89. The van der Waals surface area contributed by atoms with E-state index in [1.807, 2.05) is 6.92 Å². The molecular weight excluding hydrogens is 306 g/mol. The maximum Gasteiger partial charge on any atom is 0.310 e. The van der Waals surface area contributed by atoms with Crippen LogP contribution in [-0.2, 0) is 26.1 Å². The molecule has 0 aliphatic carbocycles. The molecule has 1 unspecified atom stereocenters. The van der Waals surface area contributed by atoms with Gasteiger partial charge in [0, 0.05) is 25.8 Å². The predicted octanol–water partition coefficient (Wildman–Crippen LogP) is 1.18. The van der Waals surface area contributed by atoms with Gasteiger partial charge in [0.25, 0.3) is 0 Å². The van der Waals surface area contributed by atoms with Gasteiger partial charge in [0.05, 0.1) is 18.2 Å². The Hall–Kier alpha value is -1.41. The first-order valence-corrected chi connectivity index (χ1v) is 9.05. The number of sulfonamides is 1. The number of aromatic nitrogens is 2. The van der Waals surface area contributed by atoms with Gasteiger partial charge in [0.2, 0.25) is 10.0 Å². The highest BCUT2D eigenvalue weighted by Crippen LogP contribution is 2.25. The second-order valence-corrected chi connectivity index (χ2v) is 7.30. The van der Waals surface area contributed by atoms with Gasteiger partial charge in [-0.05, 0) is 33.6 Å². The summed E-state index contributed by atoms with van der Waals surface area (Å²) in [6.07, 6.45) is 2.88. The van der Waals surface area contributed by atoms with Crippen molar-refractivity contribution in [2.75, 3.05) is 19.7 Å². The molecule has 1 aromatic rings. The lowest BCUT2D eigenvalue weighted by Crippen LogP contribution is -2.42. The molecule has 0 aromatic carbocycles. The van der Waals surface area contributed by atoms with Gasteiger partial charge >= 0.3 is 5.97 Å². The van der Waals surface area contributed by atoms with E-state index < -0.39 is 10.0 Å². The highest BCUT2D eigenvalue weighted by atomic mass is 32.2. The fraction of sp³-hybridized carbons (Fsp3) is 0.714. The number of aryl methyl sites for hydroxylation is 2. The average Bonchev–Trinajstić information content (AvgIpc) is 2.89. The van der Waals surface area contributed by atoms with Crippen LogP contribution in [0, 0.1) is 12.8 Å². The quantitative estimate of drug-likeness (QED) is 0.758. The number of rotatable bonds is 5. The Morgan fingerprint density at radius 1 is 1.45 bits per heavy atom. The first-order valence-electron chi connectivity index (χ1n) is 7.61. The highest BCUT2D eigenvalue weighted by Gasteiger charge is 2.35. The van der Waals surface area contributed by atoms with Crippen molar-refractivity contribution < 1.29 is 17.9 Å². The first-order chi connectivity index (χ1) is 10.4. The molecule has 8 heteroatoms. The van der Waals surface area contributed by atoms with Crippen LogP contribution in [0.1, 0.15) is 32.4 Å². The minimum absolute atomic E-state index is 0.178. The zero-order valence-corrected chi connectivity index (χ0v) is 14.1. The van der Waals surface area contributed by atoms with Crippen LogP contribution in [-0.4, -0.2) is 48.2 Å². The van der Waals surface area contributed by atoms with Gasteiger partial charge in [-0.2, -0.15) is 9.40 Å². The largest absolute Gasteiger partial charge is 0.466 e. The summed E-state index contributed by atoms with van der Waals surface area (Å²) in [5, 5.41) is 4.19. The molecule has 2 heterocycles. The van der Waals surface area contributed by atoms with E-state index in [4.69, 9.17) is 4.74 Å². The number of ether oxygens (including phenoxy) is 1. The Bertz CT molecular complexity index is 639. The third kappa shape index (κ3) is 3.33. The normalized spacial score (nSPS) is 20.0. The second kappa shape index (κ2) is 6.78. The van der Waals surface area contributed by atoms with Crippen molar-refractivity contribution in [3.05, 3.63) is 11.9 Å². The molecule has 1 aliphatic heterocycles. The molecule has 1 aromatic heterocycles. The molecule has 0 saturated carbocycles. The summed E-state index contributed by atoms with van der Waals surface area (Å²) >= 11 is 0. The lowest BCUT2D eigenvalue weighted by Gasteiger charge is -2.30. The second-order valence-electron chi connectivity index (χ2n) is 5.39. The summed E-state index contributed by atoms with van der Waals surface area (Å²) in [6, 6.07) is 0. The van der Waals surface area contributed by atoms with Crippen molar-refractivity contribution in [3.63, 3.8) is 0 Å². The summed E-state index contributed by atoms with van der Waals surface area (Å²) in [6.45, 7) is 6.86. The van der Waals surface area contributed by atoms with Crippen LogP contribution in [0.5, 0.6) is 0 Å². The van der Waals surface area contributed by atoms with Crippen LogP contribution in [0.2, 0.25) is 0 Å². The molecule has 7 nitrogen and oxygen atoms in total. The van der Waals surface area contributed by atoms with Gasteiger partial charge in [-0.1, -0.05) is 0 Å². The Kier molecular flexibility index (Phi) is 5.23. The fourth-order valence-corrected chi connectivity index (χ4v) is 4.36. The Morgan fingerprint density at radius 2 is 2.18 bits per heavy atom. The minimum atomic E-state index is -3.62. The number of nitrogens with zero attached hydrogens (tertiary/aromatic N) is 3. The van der Waals surface area contributed by atoms with Gasteiger partial charge in [0.1, 0.15) is 4.90 Å². The topological polar surface area (TPSA) is 81.5 Å². The third-order valence-electron chi connectivity index (χ3n) is 3.85. The molecule has 1 aliphatic rings. The summed E-state index contributed by atoms with van der Waals surface area (Å²) in [7, 11) is -3.62. The maximum atomic E-state index is 12.8. The van der Waals surface area contributed by atoms with Crippen molar-refractivity contribution in [3.8, 4) is 0 Å². The van der Waals surface area contributed by atoms with E-state index in [9.17, 15) is 13.2 Å². The lowest BCUT2D eigenvalue weighted by atomic mass is 10.0. The van der Waals surface area contributed by atoms with Crippen LogP contribution in [0.25, 0.3) is 0 Å². The Balaban J connectivity index is 2.21.